The maximum absolute atomic E-state index is 5.15. The van der Waals surface area contributed by atoms with E-state index in [9.17, 15) is 0 Å². The largest absolute Gasteiger partial charge is 0.497 e. The van der Waals surface area contributed by atoms with Gasteiger partial charge in [-0.05, 0) is 35.7 Å². The number of rotatable bonds is 3. The number of ether oxygens (including phenoxy) is 1. The number of aromatic nitrogens is 1. The van der Waals surface area contributed by atoms with Crippen molar-refractivity contribution in [3.63, 3.8) is 0 Å². The predicted octanol–water partition coefficient (Wildman–Crippen LogP) is 3.32. The lowest BCUT2D eigenvalue weighted by Crippen LogP contribution is -1.89. The van der Waals surface area contributed by atoms with E-state index in [-0.39, 0.29) is 0 Å². The number of hydrogen-bond acceptors (Lipinski definition) is 2. The molecule has 0 unspecified atom stereocenters. The second kappa shape index (κ2) is 4.79. The van der Waals surface area contributed by atoms with Gasteiger partial charge in [-0.15, -0.1) is 0 Å². The highest BCUT2D eigenvalue weighted by Crippen LogP contribution is 2.25. The van der Waals surface area contributed by atoms with Gasteiger partial charge in [-0.25, -0.2) is 0 Å². The van der Waals surface area contributed by atoms with Crippen LogP contribution >= 0.6 is 0 Å². The Morgan fingerprint density at radius 2 is 1.88 bits per heavy atom. The lowest BCUT2D eigenvalue weighted by atomic mass is 10.0. The molecular formula is C14H15NO. The third-order valence-corrected chi connectivity index (χ3v) is 2.69. The van der Waals surface area contributed by atoms with Crippen LogP contribution in [0.25, 0.3) is 11.1 Å². The predicted molar refractivity (Wildman–Crippen MR) is 65.6 cm³/mol. The minimum absolute atomic E-state index is 0.880. The van der Waals surface area contributed by atoms with Gasteiger partial charge in [0.25, 0.3) is 0 Å². The second-order valence-corrected chi connectivity index (χ2v) is 3.61. The fraction of sp³-hybridized carbons (Fsp3) is 0.214. The summed E-state index contributed by atoms with van der Waals surface area (Å²) in [6.45, 7) is 2.16. The van der Waals surface area contributed by atoms with Crippen LogP contribution in [0.5, 0.6) is 5.75 Å². The van der Waals surface area contributed by atoms with E-state index in [1.54, 1.807) is 7.11 Å². The standard InChI is InChI=1S/C14H15NO/c1-3-11-8-9-15-10-14(11)12-4-6-13(16-2)7-5-12/h4-10H,3H2,1-2H3. The molecule has 0 radical (unpaired) electrons. The fourth-order valence-corrected chi connectivity index (χ4v) is 1.76. The normalized spacial score (nSPS) is 10.1. The van der Waals surface area contributed by atoms with Crippen LogP contribution < -0.4 is 4.74 Å². The van der Waals surface area contributed by atoms with Crippen molar-refractivity contribution in [2.45, 2.75) is 13.3 Å². The molecule has 1 aromatic heterocycles. The van der Waals surface area contributed by atoms with Gasteiger partial charge < -0.3 is 4.74 Å². The second-order valence-electron chi connectivity index (χ2n) is 3.61. The average Bonchev–Trinajstić information content (AvgIpc) is 2.39. The summed E-state index contributed by atoms with van der Waals surface area (Å²) in [5.74, 6) is 0.880. The molecule has 1 heterocycles. The molecule has 0 N–H and O–H groups in total. The van der Waals surface area contributed by atoms with E-state index in [1.165, 1.54) is 16.7 Å². The van der Waals surface area contributed by atoms with Crippen LogP contribution in [0.4, 0.5) is 0 Å². The van der Waals surface area contributed by atoms with E-state index >= 15 is 0 Å². The first-order chi connectivity index (χ1) is 7.85. The van der Waals surface area contributed by atoms with Gasteiger partial charge in [0.1, 0.15) is 5.75 Å². The van der Waals surface area contributed by atoms with Crippen LogP contribution in [-0.2, 0) is 6.42 Å². The van der Waals surface area contributed by atoms with Gasteiger partial charge >= 0.3 is 0 Å². The van der Waals surface area contributed by atoms with Crippen LogP contribution in [-0.4, -0.2) is 12.1 Å². The Kier molecular flexibility index (Phi) is 3.20. The third kappa shape index (κ3) is 2.06. The number of pyridine rings is 1. The molecular weight excluding hydrogens is 198 g/mol. The van der Waals surface area contributed by atoms with Gasteiger partial charge in [0.15, 0.2) is 0 Å². The van der Waals surface area contributed by atoms with Crippen molar-refractivity contribution >= 4 is 0 Å². The molecule has 0 aliphatic carbocycles. The number of methoxy groups -OCH3 is 1. The summed E-state index contributed by atoms with van der Waals surface area (Å²) in [6.07, 6.45) is 4.77. The third-order valence-electron chi connectivity index (χ3n) is 2.69. The van der Waals surface area contributed by atoms with E-state index in [4.69, 9.17) is 4.74 Å². The number of nitrogens with zero attached hydrogens (tertiary/aromatic N) is 1. The number of hydrogen-bond donors (Lipinski definition) is 0. The minimum atomic E-state index is 0.880. The van der Waals surface area contributed by atoms with Gasteiger partial charge in [-0.2, -0.15) is 0 Å². The summed E-state index contributed by atoms with van der Waals surface area (Å²) < 4.78 is 5.15. The summed E-state index contributed by atoms with van der Waals surface area (Å²) in [5, 5.41) is 0. The van der Waals surface area contributed by atoms with Crippen molar-refractivity contribution in [2.75, 3.05) is 7.11 Å². The van der Waals surface area contributed by atoms with Crippen LogP contribution in [0.3, 0.4) is 0 Å². The fourth-order valence-electron chi connectivity index (χ4n) is 1.76. The van der Waals surface area contributed by atoms with Gasteiger partial charge in [0.05, 0.1) is 7.11 Å². The van der Waals surface area contributed by atoms with Crippen LogP contribution in [0, 0.1) is 0 Å². The minimum Gasteiger partial charge on any atom is -0.497 e. The Morgan fingerprint density at radius 3 is 2.50 bits per heavy atom. The van der Waals surface area contributed by atoms with Gasteiger partial charge in [-0.3, -0.25) is 4.98 Å². The van der Waals surface area contributed by atoms with Crippen molar-refractivity contribution in [2.24, 2.45) is 0 Å². The summed E-state index contributed by atoms with van der Waals surface area (Å²) in [4.78, 5) is 4.18. The molecule has 82 valence electrons. The smallest absolute Gasteiger partial charge is 0.118 e. The molecule has 16 heavy (non-hydrogen) atoms. The van der Waals surface area contributed by atoms with E-state index in [2.05, 4.69) is 30.1 Å². The Bertz CT molecular complexity index is 462. The highest BCUT2D eigenvalue weighted by Gasteiger charge is 2.03. The van der Waals surface area contributed by atoms with Crippen molar-refractivity contribution in [3.05, 3.63) is 48.3 Å². The Balaban J connectivity index is 2.42. The maximum Gasteiger partial charge on any atom is 0.118 e. The maximum atomic E-state index is 5.15. The van der Waals surface area contributed by atoms with Crippen molar-refractivity contribution in [1.82, 2.24) is 4.98 Å². The SMILES string of the molecule is CCc1ccncc1-c1ccc(OC)cc1. The first-order valence-electron chi connectivity index (χ1n) is 5.42. The number of benzene rings is 1. The topological polar surface area (TPSA) is 22.1 Å². The van der Waals surface area contributed by atoms with E-state index in [0.29, 0.717) is 0 Å². The molecule has 2 aromatic rings. The van der Waals surface area contributed by atoms with E-state index in [0.717, 1.165) is 12.2 Å². The summed E-state index contributed by atoms with van der Waals surface area (Å²) >= 11 is 0. The Hall–Kier alpha value is -1.83. The molecule has 2 nitrogen and oxygen atoms in total. The summed E-state index contributed by atoms with van der Waals surface area (Å²) in [7, 11) is 1.68. The van der Waals surface area contributed by atoms with Gasteiger partial charge in [0, 0.05) is 18.0 Å². The molecule has 0 saturated heterocycles. The molecule has 0 aliphatic heterocycles. The quantitative estimate of drug-likeness (QED) is 0.780. The van der Waals surface area contributed by atoms with Crippen molar-refractivity contribution in [1.29, 1.82) is 0 Å². The Morgan fingerprint density at radius 1 is 1.12 bits per heavy atom. The Labute approximate surface area is 95.9 Å². The van der Waals surface area contributed by atoms with Crippen LogP contribution in [0.2, 0.25) is 0 Å². The van der Waals surface area contributed by atoms with Crippen molar-refractivity contribution < 1.29 is 4.74 Å². The molecule has 0 aliphatic rings. The molecule has 2 heteroatoms. The van der Waals surface area contributed by atoms with Crippen LogP contribution in [0.15, 0.2) is 42.7 Å². The zero-order valence-electron chi connectivity index (χ0n) is 9.60. The van der Waals surface area contributed by atoms with Crippen LogP contribution in [0.1, 0.15) is 12.5 Å². The molecule has 0 amide bonds. The summed E-state index contributed by atoms with van der Waals surface area (Å²) in [6, 6.07) is 10.1. The molecule has 0 spiro atoms. The molecule has 0 fully saturated rings. The molecule has 2 rings (SSSR count). The lowest BCUT2D eigenvalue weighted by molar-refractivity contribution is 0.415. The lowest BCUT2D eigenvalue weighted by Gasteiger charge is -2.07. The van der Waals surface area contributed by atoms with E-state index in [1.807, 2.05) is 24.5 Å². The molecule has 0 bridgehead atoms. The first kappa shape index (κ1) is 10.7. The molecule has 0 atom stereocenters. The van der Waals surface area contributed by atoms with Crippen molar-refractivity contribution in [3.8, 4) is 16.9 Å². The monoisotopic (exact) mass is 213 g/mol. The first-order valence-corrected chi connectivity index (χ1v) is 5.42. The highest BCUT2D eigenvalue weighted by atomic mass is 16.5. The van der Waals surface area contributed by atoms with Gasteiger partial charge in [-0.1, -0.05) is 19.1 Å². The molecule has 0 saturated carbocycles. The zero-order chi connectivity index (χ0) is 11.4. The number of aryl methyl sites for hydroxylation is 1. The van der Waals surface area contributed by atoms with E-state index < -0.39 is 0 Å². The molecule has 1 aromatic carbocycles. The van der Waals surface area contributed by atoms with Gasteiger partial charge in [0.2, 0.25) is 0 Å². The zero-order valence-corrected chi connectivity index (χ0v) is 9.60. The average molecular weight is 213 g/mol. The summed E-state index contributed by atoms with van der Waals surface area (Å²) in [5.41, 5.74) is 3.71. The highest BCUT2D eigenvalue weighted by molar-refractivity contribution is 5.66.